The largest absolute Gasteiger partial charge is 0.330 e. The zero-order valence-electron chi connectivity index (χ0n) is 11.8. The number of aromatic nitrogens is 4. The Kier molecular flexibility index (Phi) is 2.93. The van der Waals surface area contributed by atoms with Gasteiger partial charge in [-0.15, -0.1) is 0 Å². The van der Waals surface area contributed by atoms with Crippen LogP contribution in [0.2, 0.25) is 0 Å². The normalized spacial score (nSPS) is 13.8. The molecule has 5 heteroatoms. The first-order valence-corrected chi connectivity index (χ1v) is 7.38. The van der Waals surface area contributed by atoms with E-state index in [1.54, 1.807) is 6.33 Å². The van der Waals surface area contributed by atoms with Crippen LogP contribution in [0.25, 0.3) is 16.9 Å². The molecule has 2 aromatic heterocycles. The van der Waals surface area contributed by atoms with E-state index in [9.17, 15) is 0 Å². The van der Waals surface area contributed by atoms with Gasteiger partial charge in [-0.2, -0.15) is 0 Å². The highest BCUT2D eigenvalue weighted by atomic mass is 15.2. The molecule has 0 saturated heterocycles. The summed E-state index contributed by atoms with van der Waals surface area (Å²) in [5, 5.41) is 0. The number of benzene rings is 1. The van der Waals surface area contributed by atoms with Crippen molar-refractivity contribution in [3.05, 3.63) is 47.7 Å². The van der Waals surface area contributed by atoms with E-state index < -0.39 is 0 Å². The molecule has 21 heavy (non-hydrogen) atoms. The summed E-state index contributed by atoms with van der Waals surface area (Å²) >= 11 is 0. The summed E-state index contributed by atoms with van der Waals surface area (Å²) in [4.78, 5) is 13.7. The molecule has 0 amide bonds. The number of fused-ring (bicyclic) bond motifs is 2. The van der Waals surface area contributed by atoms with Gasteiger partial charge in [-0.25, -0.2) is 15.0 Å². The molecule has 0 spiro atoms. The van der Waals surface area contributed by atoms with Gasteiger partial charge in [0.1, 0.15) is 18.0 Å². The predicted molar refractivity (Wildman–Crippen MR) is 81.4 cm³/mol. The van der Waals surface area contributed by atoms with E-state index in [4.69, 9.17) is 10.7 Å². The highest BCUT2D eigenvalue weighted by Crippen LogP contribution is 2.28. The second-order valence-electron chi connectivity index (χ2n) is 5.37. The Morgan fingerprint density at radius 1 is 1.14 bits per heavy atom. The summed E-state index contributed by atoms with van der Waals surface area (Å²) in [6.45, 7) is 0.580. The van der Waals surface area contributed by atoms with Gasteiger partial charge in [0.15, 0.2) is 0 Å². The fraction of sp³-hybridized carbons (Fsp3) is 0.312. The molecular weight excluding hydrogens is 262 g/mol. The number of rotatable bonds is 3. The van der Waals surface area contributed by atoms with Crippen molar-refractivity contribution in [1.29, 1.82) is 0 Å². The lowest BCUT2D eigenvalue weighted by Crippen LogP contribution is -2.12. The Labute approximate surface area is 122 Å². The molecule has 4 rings (SSSR count). The van der Waals surface area contributed by atoms with Crippen molar-refractivity contribution in [3.8, 4) is 5.82 Å². The third kappa shape index (κ3) is 1.93. The van der Waals surface area contributed by atoms with E-state index in [0.29, 0.717) is 6.54 Å². The van der Waals surface area contributed by atoms with E-state index in [2.05, 4.69) is 20.6 Å². The van der Waals surface area contributed by atoms with Gasteiger partial charge in [0.05, 0.1) is 11.0 Å². The molecule has 2 heterocycles. The second kappa shape index (κ2) is 4.93. The quantitative estimate of drug-likeness (QED) is 0.793. The van der Waals surface area contributed by atoms with Gasteiger partial charge in [0, 0.05) is 17.7 Å². The Bertz CT molecular complexity index is 806. The minimum Gasteiger partial charge on any atom is -0.330 e. The van der Waals surface area contributed by atoms with Crippen LogP contribution in [-0.2, 0) is 19.3 Å². The van der Waals surface area contributed by atoms with Crippen molar-refractivity contribution < 1.29 is 0 Å². The van der Waals surface area contributed by atoms with E-state index >= 15 is 0 Å². The fourth-order valence-electron chi connectivity index (χ4n) is 3.14. The lowest BCUT2D eigenvalue weighted by atomic mass is 10.2. The Balaban J connectivity index is 2.01. The van der Waals surface area contributed by atoms with Crippen molar-refractivity contribution in [1.82, 2.24) is 19.5 Å². The summed E-state index contributed by atoms with van der Waals surface area (Å²) in [6.07, 6.45) is 5.65. The molecule has 0 fully saturated rings. The van der Waals surface area contributed by atoms with Crippen LogP contribution in [0.15, 0.2) is 30.6 Å². The van der Waals surface area contributed by atoms with E-state index in [0.717, 1.165) is 48.4 Å². The molecule has 0 unspecified atom stereocenters. The van der Waals surface area contributed by atoms with Gasteiger partial charge in [0.25, 0.3) is 0 Å². The zero-order chi connectivity index (χ0) is 14.2. The third-order valence-corrected chi connectivity index (χ3v) is 4.06. The van der Waals surface area contributed by atoms with Gasteiger partial charge in [-0.05, 0) is 37.9 Å². The predicted octanol–water partition coefficient (Wildman–Crippen LogP) is 1.81. The molecule has 0 saturated carbocycles. The maximum Gasteiger partial charge on any atom is 0.145 e. The number of nitrogens with two attached hydrogens (primary N) is 1. The molecule has 0 aliphatic heterocycles. The molecular formula is C16H17N5. The lowest BCUT2D eigenvalue weighted by Gasteiger charge is -2.11. The average molecular weight is 279 g/mol. The second-order valence-corrected chi connectivity index (χ2v) is 5.37. The molecule has 0 radical (unpaired) electrons. The highest BCUT2D eigenvalue weighted by Gasteiger charge is 2.21. The third-order valence-electron chi connectivity index (χ3n) is 4.06. The number of para-hydroxylation sites is 2. The molecule has 1 aromatic carbocycles. The van der Waals surface area contributed by atoms with Crippen LogP contribution in [0.3, 0.4) is 0 Å². The van der Waals surface area contributed by atoms with E-state index in [-0.39, 0.29) is 0 Å². The first-order valence-electron chi connectivity index (χ1n) is 7.38. The van der Waals surface area contributed by atoms with E-state index in [1.807, 2.05) is 18.2 Å². The summed E-state index contributed by atoms with van der Waals surface area (Å²) < 4.78 is 2.16. The van der Waals surface area contributed by atoms with Crippen LogP contribution < -0.4 is 5.73 Å². The molecule has 1 aliphatic carbocycles. The molecule has 1 aliphatic rings. The van der Waals surface area contributed by atoms with Crippen LogP contribution in [0.4, 0.5) is 0 Å². The molecule has 0 bridgehead atoms. The molecule has 0 atom stereocenters. The average Bonchev–Trinajstić information content (AvgIpc) is 3.11. The van der Waals surface area contributed by atoms with Gasteiger partial charge in [0.2, 0.25) is 0 Å². The Hall–Kier alpha value is -2.27. The van der Waals surface area contributed by atoms with Crippen LogP contribution >= 0.6 is 0 Å². The topological polar surface area (TPSA) is 69.6 Å². The first-order chi connectivity index (χ1) is 10.4. The van der Waals surface area contributed by atoms with Crippen molar-refractivity contribution >= 4 is 11.0 Å². The maximum absolute atomic E-state index is 5.76. The SMILES string of the molecule is NCCc1nc2ccccc2n1-c1ncnc2c1CCC2. The van der Waals surface area contributed by atoms with Crippen molar-refractivity contribution in [2.24, 2.45) is 5.73 Å². The van der Waals surface area contributed by atoms with Crippen LogP contribution in [0, 0.1) is 0 Å². The molecule has 5 nitrogen and oxygen atoms in total. The van der Waals surface area contributed by atoms with Crippen molar-refractivity contribution in [3.63, 3.8) is 0 Å². The minimum atomic E-state index is 0.580. The molecule has 2 N–H and O–H groups in total. The van der Waals surface area contributed by atoms with Gasteiger partial charge in [-0.3, -0.25) is 4.57 Å². The van der Waals surface area contributed by atoms with Crippen LogP contribution in [0.1, 0.15) is 23.5 Å². The number of nitrogens with zero attached hydrogens (tertiary/aromatic N) is 4. The summed E-state index contributed by atoms with van der Waals surface area (Å²) in [5.41, 5.74) is 10.3. The smallest absolute Gasteiger partial charge is 0.145 e. The van der Waals surface area contributed by atoms with Crippen molar-refractivity contribution in [2.45, 2.75) is 25.7 Å². The molecule has 3 aromatic rings. The maximum atomic E-state index is 5.76. The minimum absolute atomic E-state index is 0.580. The van der Waals surface area contributed by atoms with Crippen LogP contribution in [0.5, 0.6) is 0 Å². The standard InChI is InChI=1S/C16H17N5/c17-9-8-15-20-13-5-1-2-7-14(13)21(15)16-11-4-3-6-12(11)18-10-19-16/h1-2,5,7,10H,3-4,6,8-9,17H2. The highest BCUT2D eigenvalue weighted by molar-refractivity contribution is 5.78. The van der Waals surface area contributed by atoms with Crippen molar-refractivity contribution in [2.75, 3.05) is 6.54 Å². The number of imidazole rings is 1. The Morgan fingerprint density at radius 2 is 2.05 bits per heavy atom. The monoisotopic (exact) mass is 279 g/mol. The zero-order valence-corrected chi connectivity index (χ0v) is 11.8. The van der Waals surface area contributed by atoms with Gasteiger partial charge < -0.3 is 5.73 Å². The fourth-order valence-corrected chi connectivity index (χ4v) is 3.14. The summed E-state index contributed by atoms with van der Waals surface area (Å²) in [7, 11) is 0. The number of hydrogen-bond acceptors (Lipinski definition) is 4. The lowest BCUT2D eigenvalue weighted by molar-refractivity contribution is 0.822. The summed E-state index contributed by atoms with van der Waals surface area (Å²) in [6, 6.07) is 8.17. The summed E-state index contributed by atoms with van der Waals surface area (Å²) in [5.74, 6) is 1.96. The number of hydrogen-bond donors (Lipinski definition) is 1. The molecule has 106 valence electrons. The van der Waals surface area contributed by atoms with Gasteiger partial charge >= 0.3 is 0 Å². The van der Waals surface area contributed by atoms with Crippen LogP contribution in [-0.4, -0.2) is 26.1 Å². The van der Waals surface area contributed by atoms with Gasteiger partial charge in [-0.1, -0.05) is 12.1 Å². The Morgan fingerprint density at radius 3 is 2.95 bits per heavy atom. The number of aryl methyl sites for hydroxylation is 1. The van der Waals surface area contributed by atoms with E-state index in [1.165, 1.54) is 11.3 Å². The first kappa shape index (κ1) is 12.5.